The van der Waals surface area contributed by atoms with E-state index in [9.17, 15) is 8.78 Å². The van der Waals surface area contributed by atoms with Crippen molar-refractivity contribution in [1.82, 2.24) is 0 Å². The van der Waals surface area contributed by atoms with E-state index in [1.54, 1.807) is 13.0 Å². The summed E-state index contributed by atoms with van der Waals surface area (Å²) in [6.45, 7) is 1.81. The van der Waals surface area contributed by atoms with Gasteiger partial charge in [-0.2, -0.15) is 0 Å². The molecule has 2 aromatic rings. The van der Waals surface area contributed by atoms with Gasteiger partial charge in [0.1, 0.15) is 11.5 Å². The zero-order valence-electron chi connectivity index (χ0n) is 9.21. The average molecular weight is 235 g/mol. The minimum atomic E-state index is -0.587. The summed E-state index contributed by atoms with van der Waals surface area (Å²) >= 11 is 0. The van der Waals surface area contributed by atoms with Crippen molar-refractivity contribution in [3.8, 4) is 11.5 Å². The first kappa shape index (κ1) is 11.4. The van der Waals surface area contributed by atoms with Gasteiger partial charge in [-0.25, -0.2) is 8.78 Å². The van der Waals surface area contributed by atoms with Crippen LogP contribution in [0.25, 0.3) is 0 Å². The zero-order chi connectivity index (χ0) is 12.4. The molecular formula is C13H11F2NO. The lowest BCUT2D eigenvalue weighted by Crippen LogP contribution is -1.96. The van der Waals surface area contributed by atoms with Crippen LogP contribution in [0.4, 0.5) is 14.5 Å². The second-order valence-electron chi connectivity index (χ2n) is 3.69. The second-order valence-corrected chi connectivity index (χ2v) is 3.69. The van der Waals surface area contributed by atoms with E-state index in [1.165, 1.54) is 30.3 Å². The number of para-hydroxylation sites is 1. The van der Waals surface area contributed by atoms with E-state index < -0.39 is 11.6 Å². The summed E-state index contributed by atoms with van der Waals surface area (Å²) in [5.41, 5.74) is 6.21. The Labute approximate surface area is 97.6 Å². The van der Waals surface area contributed by atoms with E-state index in [4.69, 9.17) is 10.5 Å². The largest absolute Gasteiger partial charge is 0.452 e. The highest BCUT2D eigenvalue weighted by Crippen LogP contribution is 2.30. The van der Waals surface area contributed by atoms with Crippen LogP contribution >= 0.6 is 0 Å². The fourth-order valence-corrected chi connectivity index (χ4v) is 1.41. The summed E-state index contributed by atoms with van der Waals surface area (Å²) in [4.78, 5) is 0. The number of nitrogens with two attached hydrogens (primary N) is 1. The standard InChI is InChI=1S/C13H11F2NO/c1-8-5-6-9(14)12(7-8)17-11-4-2-3-10(15)13(11)16/h2-7H,16H2,1H3. The highest BCUT2D eigenvalue weighted by Gasteiger charge is 2.09. The van der Waals surface area contributed by atoms with Crippen molar-refractivity contribution in [3.05, 3.63) is 53.6 Å². The SMILES string of the molecule is Cc1ccc(F)c(Oc2cccc(F)c2N)c1. The monoisotopic (exact) mass is 235 g/mol. The Morgan fingerprint density at radius 2 is 1.76 bits per heavy atom. The Bertz CT molecular complexity index is 555. The van der Waals surface area contributed by atoms with Crippen LogP contribution < -0.4 is 10.5 Å². The Hall–Kier alpha value is -2.10. The van der Waals surface area contributed by atoms with E-state index in [2.05, 4.69) is 0 Å². The maximum atomic E-state index is 13.4. The number of aryl methyl sites for hydroxylation is 1. The summed E-state index contributed by atoms with van der Waals surface area (Å²) in [5.74, 6) is -0.966. The van der Waals surface area contributed by atoms with Gasteiger partial charge in [0.25, 0.3) is 0 Å². The maximum Gasteiger partial charge on any atom is 0.165 e. The first-order valence-corrected chi connectivity index (χ1v) is 5.06. The summed E-state index contributed by atoms with van der Waals surface area (Å²) in [6, 6.07) is 8.60. The van der Waals surface area contributed by atoms with Gasteiger partial charge in [-0.1, -0.05) is 12.1 Å². The lowest BCUT2D eigenvalue weighted by molar-refractivity contribution is 0.441. The number of hydrogen-bond acceptors (Lipinski definition) is 2. The van der Waals surface area contributed by atoms with Gasteiger partial charge >= 0.3 is 0 Å². The van der Waals surface area contributed by atoms with Crippen LogP contribution in [0.15, 0.2) is 36.4 Å². The molecule has 0 fully saturated rings. The number of rotatable bonds is 2. The summed E-state index contributed by atoms with van der Waals surface area (Å²) in [7, 11) is 0. The number of benzene rings is 2. The van der Waals surface area contributed by atoms with E-state index in [1.807, 2.05) is 0 Å². The topological polar surface area (TPSA) is 35.2 Å². The Kier molecular flexibility index (Phi) is 2.95. The van der Waals surface area contributed by atoms with Gasteiger partial charge < -0.3 is 10.5 Å². The van der Waals surface area contributed by atoms with E-state index in [-0.39, 0.29) is 17.2 Å². The van der Waals surface area contributed by atoms with Gasteiger partial charge in [-0.3, -0.25) is 0 Å². The molecule has 0 heterocycles. The van der Waals surface area contributed by atoms with Crippen LogP contribution in [0.5, 0.6) is 11.5 Å². The molecule has 17 heavy (non-hydrogen) atoms. The van der Waals surface area contributed by atoms with Crippen LogP contribution in [0.1, 0.15) is 5.56 Å². The van der Waals surface area contributed by atoms with Crippen LogP contribution in [-0.4, -0.2) is 0 Å². The Morgan fingerprint density at radius 1 is 1.00 bits per heavy atom. The number of nitrogen functional groups attached to an aromatic ring is 1. The van der Waals surface area contributed by atoms with Gasteiger partial charge in [-0.15, -0.1) is 0 Å². The predicted molar refractivity (Wildman–Crippen MR) is 62.0 cm³/mol. The van der Waals surface area contributed by atoms with Gasteiger partial charge in [0.15, 0.2) is 17.3 Å². The minimum Gasteiger partial charge on any atom is -0.452 e. The van der Waals surface area contributed by atoms with Crippen molar-refractivity contribution in [2.45, 2.75) is 6.92 Å². The quantitative estimate of drug-likeness (QED) is 0.806. The molecule has 0 saturated carbocycles. The molecule has 0 bridgehead atoms. The Balaban J connectivity index is 2.38. The molecule has 0 atom stereocenters. The number of ether oxygens (including phenoxy) is 1. The van der Waals surface area contributed by atoms with Gasteiger partial charge in [0.05, 0.1) is 0 Å². The van der Waals surface area contributed by atoms with Crippen molar-refractivity contribution in [2.24, 2.45) is 0 Å². The van der Waals surface area contributed by atoms with Crippen LogP contribution in [0, 0.1) is 18.6 Å². The molecule has 2 rings (SSSR count). The highest BCUT2D eigenvalue weighted by atomic mass is 19.1. The molecule has 4 heteroatoms. The van der Waals surface area contributed by atoms with Crippen molar-refractivity contribution in [1.29, 1.82) is 0 Å². The molecule has 0 amide bonds. The third-order valence-corrected chi connectivity index (χ3v) is 2.32. The van der Waals surface area contributed by atoms with Crippen LogP contribution in [0.2, 0.25) is 0 Å². The molecule has 0 spiro atoms. The summed E-state index contributed by atoms with van der Waals surface area (Å²) < 4.78 is 31.9. The highest BCUT2D eigenvalue weighted by molar-refractivity contribution is 5.54. The van der Waals surface area contributed by atoms with Crippen molar-refractivity contribution >= 4 is 5.69 Å². The average Bonchev–Trinajstić information content (AvgIpc) is 2.30. The summed E-state index contributed by atoms with van der Waals surface area (Å²) in [5, 5.41) is 0. The van der Waals surface area contributed by atoms with Crippen LogP contribution in [0.3, 0.4) is 0 Å². The molecule has 2 N–H and O–H groups in total. The molecule has 0 saturated heterocycles. The molecule has 0 aliphatic rings. The molecule has 2 aromatic carbocycles. The lowest BCUT2D eigenvalue weighted by Gasteiger charge is -2.10. The number of anilines is 1. The van der Waals surface area contributed by atoms with Crippen LogP contribution in [-0.2, 0) is 0 Å². The second kappa shape index (κ2) is 4.41. The molecule has 0 unspecified atom stereocenters. The predicted octanol–water partition coefficient (Wildman–Crippen LogP) is 3.65. The zero-order valence-corrected chi connectivity index (χ0v) is 9.21. The third kappa shape index (κ3) is 2.36. The molecular weight excluding hydrogens is 224 g/mol. The molecule has 0 aromatic heterocycles. The van der Waals surface area contributed by atoms with Gasteiger partial charge in [-0.05, 0) is 36.8 Å². The van der Waals surface area contributed by atoms with E-state index >= 15 is 0 Å². The first-order valence-electron chi connectivity index (χ1n) is 5.06. The normalized spacial score (nSPS) is 10.3. The maximum absolute atomic E-state index is 13.4. The fourth-order valence-electron chi connectivity index (χ4n) is 1.41. The van der Waals surface area contributed by atoms with Gasteiger partial charge in [0, 0.05) is 0 Å². The first-order chi connectivity index (χ1) is 8.08. The third-order valence-electron chi connectivity index (χ3n) is 2.32. The number of halogens is 2. The fraction of sp³-hybridized carbons (Fsp3) is 0.0769. The molecule has 2 nitrogen and oxygen atoms in total. The lowest BCUT2D eigenvalue weighted by atomic mass is 10.2. The van der Waals surface area contributed by atoms with Crippen molar-refractivity contribution < 1.29 is 13.5 Å². The molecule has 88 valence electrons. The number of hydrogen-bond donors (Lipinski definition) is 1. The Morgan fingerprint density at radius 3 is 2.53 bits per heavy atom. The van der Waals surface area contributed by atoms with E-state index in [0.717, 1.165) is 5.56 Å². The van der Waals surface area contributed by atoms with E-state index in [0.29, 0.717) is 0 Å². The molecule has 0 aliphatic carbocycles. The van der Waals surface area contributed by atoms with Crippen molar-refractivity contribution in [2.75, 3.05) is 5.73 Å². The van der Waals surface area contributed by atoms with Crippen molar-refractivity contribution in [3.63, 3.8) is 0 Å². The molecule has 0 aliphatic heterocycles. The van der Waals surface area contributed by atoms with Gasteiger partial charge in [0.2, 0.25) is 0 Å². The molecule has 0 radical (unpaired) electrons. The smallest absolute Gasteiger partial charge is 0.165 e. The minimum absolute atomic E-state index is 0.0299. The summed E-state index contributed by atoms with van der Waals surface area (Å²) in [6.07, 6.45) is 0.